The molecule has 26 heavy (non-hydrogen) atoms. The molecule has 0 amide bonds. The van der Waals surface area contributed by atoms with E-state index in [1.165, 1.54) is 12.1 Å². The Labute approximate surface area is 152 Å². The summed E-state index contributed by atoms with van der Waals surface area (Å²) in [6, 6.07) is 4.90. The highest BCUT2D eigenvalue weighted by Crippen LogP contribution is 2.28. The minimum absolute atomic E-state index is 0.120. The summed E-state index contributed by atoms with van der Waals surface area (Å²) in [6.07, 6.45) is 2.44. The van der Waals surface area contributed by atoms with Gasteiger partial charge in [-0.1, -0.05) is 6.92 Å². The van der Waals surface area contributed by atoms with Gasteiger partial charge in [0.2, 0.25) is 0 Å². The Morgan fingerprint density at radius 3 is 2.85 bits per heavy atom. The molecule has 0 radical (unpaired) electrons. The fraction of sp³-hybridized carbons (Fsp3) is 0.500. The number of ether oxygens (including phenoxy) is 1. The number of esters is 1. The van der Waals surface area contributed by atoms with Crippen molar-refractivity contribution in [3.05, 3.63) is 39.7 Å². The number of nitrogens with zero attached hydrogens (tertiary/aromatic N) is 1. The van der Waals surface area contributed by atoms with E-state index in [0.29, 0.717) is 31.7 Å². The molecule has 140 valence electrons. The number of hydrogen-bond acceptors (Lipinski definition) is 6. The topological polar surface area (TPSA) is 80.0 Å². The second-order valence-corrected chi connectivity index (χ2v) is 6.75. The predicted octanol–water partition coefficient (Wildman–Crippen LogP) is 2.84. The number of carbonyl (C=O) groups is 1. The molecule has 2 heterocycles. The molecule has 0 aliphatic carbocycles. The maximum absolute atomic E-state index is 12.0. The van der Waals surface area contributed by atoms with Gasteiger partial charge in [0.15, 0.2) is 0 Å². The molecule has 6 nitrogen and oxygen atoms in total. The molecule has 2 aromatic rings. The molecule has 1 aromatic carbocycles. The molecule has 1 aromatic heterocycles. The molecule has 3 rings (SSSR count). The largest absolute Gasteiger partial charge is 0.508 e. The van der Waals surface area contributed by atoms with E-state index in [-0.39, 0.29) is 17.6 Å². The van der Waals surface area contributed by atoms with Crippen LogP contribution in [0.2, 0.25) is 0 Å². The van der Waals surface area contributed by atoms with Gasteiger partial charge in [-0.25, -0.2) is 4.79 Å². The minimum Gasteiger partial charge on any atom is -0.508 e. The second kappa shape index (κ2) is 7.91. The van der Waals surface area contributed by atoms with E-state index in [2.05, 4.69) is 4.90 Å². The van der Waals surface area contributed by atoms with Crippen molar-refractivity contribution in [1.82, 2.24) is 4.90 Å². The average molecular weight is 359 g/mol. The Hall–Kier alpha value is -2.34. The summed E-state index contributed by atoms with van der Waals surface area (Å²) in [7, 11) is 0. The Morgan fingerprint density at radius 2 is 2.12 bits per heavy atom. The molecule has 1 saturated heterocycles. The van der Waals surface area contributed by atoms with Gasteiger partial charge in [-0.05, 0) is 49.9 Å². The predicted molar refractivity (Wildman–Crippen MR) is 98.2 cm³/mol. The van der Waals surface area contributed by atoms with Crippen LogP contribution in [0.25, 0.3) is 11.0 Å². The van der Waals surface area contributed by atoms with Gasteiger partial charge < -0.3 is 14.3 Å². The molecule has 0 spiro atoms. The third-order valence-corrected chi connectivity index (χ3v) is 4.93. The SMILES string of the molecule is CCOC(=O)[C@@H]1CCCN(Cc2cc(=O)oc3cc(O)c(CC)cc23)C1. The van der Waals surface area contributed by atoms with E-state index < -0.39 is 5.63 Å². The lowest BCUT2D eigenvalue weighted by Crippen LogP contribution is -2.39. The highest BCUT2D eigenvalue weighted by molar-refractivity contribution is 5.82. The number of phenolic OH excluding ortho intramolecular Hbond substituents is 1. The monoisotopic (exact) mass is 359 g/mol. The fourth-order valence-corrected chi connectivity index (χ4v) is 3.61. The number of piperidine rings is 1. The Kier molecular flexibility index (Phi) is 5.61. The molecule has 1 aliphatic heterocycles. The maximum atomic E-state index is 12.0. The van der Waals surface area contributed by atoms with Crippen molar-refractivity contribution in [2.45, 2.75) is 39.7 Å². The van der Waals surface area contributed by atoms with Crippen LogP contribution in [0.4, 0.5) is 0 Å². The normalized spacial score (nSPS) is 18.2. The van der Waals surface area contributed by atoms with E-state index in [4.69, 9.17) is 9.15 Å². The Bertz CT molecular complexity index is 857. The molecule has 0 bridgehead atoms. The van der Waals surface area contributed by atoms with Crippen LogP contribution in [-0.2, 0) is 22.5 Å². The molecule has 1 aliphatic rings. The number of aromatic hydroxyl groups is 1. The first-order chi connectivity index (χ1) is 12.5. The van der Waals surface area contributed by atoms with Crippen LogP contribution >= 0.6 is 0 Å². The fourth-order valence-electron chi connectivity index (χ4n) is 3.61. The van der Waals surface area contributed by atoms with Gasteiger partial charge in [0.1, 0.15) is 11.3 Å². The van der Waals surface area contributed by atoms with Crippen LogP contribution in [-0.4, -0.2) is 35.7 Å². The Morgan fingerprint density at radius 1 is 1.31 bits per heavy atom. The third-order valence-electron chi connectivity index (χ3n) is 4.93. The highest BCUT2D eigenvalue weighted by Gasteiger charge is 2.27. The number of fused-ring (bicyclic) bond motifs is 1. The molecular formula is C20H25NO5. The van der Waals surface area contributed by atoms with Crippen LogP contribution < -0.4 is 5.63 Å². The quantitative estimate of drug-likeness (QED) is 0.653. The van der Waals surface area contributed by atoms with Crippen molar-refractivity contribution < 1.29 is 19.1 Å². The summed E-state index contributed by atoms with van der Waals surface area (Å²) < 4.78 is 10.4. The summed E-state index contributed by atoms with van der Waals surface area (Å²) in [4.78, 5) is 26.1. The number of benzene rings is 1. The zero-order valence-electron chi connectivity index (χ0n) is 15.3. The highest BCUT2D eigenvalue weighted by atomic mass is 16.5. The van der Waals surface area contributed by atoms with Crippen molar-refractivity contribution in [2.24, 2.45) is 5.92 Å². The smallest absolute Gasteiger partial charge is 0.336 e. The lowest BCUT2D eigenvalue weighted by atomic mass is 9.97. The van der Waals surface area contributed by atoms with Crippen LogP contribution in [0.3, 0.4) is 0 Å². The summed E-state index contributed by atoms with van der Waals surface area (Å²) >= 11 is 0. The van der Waals surface area contributed by atoms with Crippen LogP contribution in [0.1, 0.15) is 37.8 Å². The number of rotatable bonds is 5. The summed E-state index contributed by atoms with van der Waals surface area (Å²) in [5.41, 5.74) is 1.63. The summed E-state index contributed by atoms with van der Waals surface area (Å²) in [5, 5.41) is 10.9. The molecular weight excluding hydrogens is 334 g/mol. The Balaban J connectivity index is 1.88. The van der Waals surface area contributed by atoms with Crippen molar-refractivity contribution in [1.29, 1.82) is 0 Å². The van der Waals surface area contributed by atoms with Crippen molar-refractivity contribution in [3.63, 3.8) is 0 Å². The summed E-state index contributed by atoms with van der Waals surface area (Å²) in [6.45, 7) is 6.23. The molecule has 1 fully saturated rings. The van der Waals surface area contributed by atoms with E-state index >= 15 is 0 Å². The van der Waals surface area contributed by atoms with Gasteiger partial charge in [-0.3, -0.25) is 9.69 Å². The van der Waals surface area contributed by atoms with Crippen molar-refractivity contribution in [2.75, 3.05) is 19.7 Å². The van der Waals surface area contributed by atoms with Crippen molar-refractivity contribution in [3.8, 4) is 5.75 Å². The first-order valence-electron chi connectivity index (χ1n) is 9.19. The van der Waals surface area contributed by atoms with E-state index in [9.17, 15) is 14.7 Å². The average Bonchev–Trinajstić information content (AvgIpc) is 2.61. The molecule has 1 atom stereocenters. The van der Waals surface area contributed by atoms with Gasteiger partial charge in [-0.15, -0.1) is 0 Å². The van der Waals surface area contributed by atoms with Gasteiger partial charge >= 0.3 is 11.6 Å². The van der Waals surface area contributed by atoms with E-state index in [1.807, 2.05) is 19.9 Å². The first kappa shape index (κ1) is 18.5. The molecule has 6 heteroatoms. The number of carbonyl (C=O) groups excluding carboxylic acids is 1. The molecule has 1 N–H and O–H groups in total. The van der Waals surface area contributed by atoms with Gasteiger partial charge in [0.05, 0.1) is 12.5 Å². The first-order valence-corrected chi connectivity index (χ1v) is 9.19. The van der Waals surface area contributed by atoms with Gasteiger partial charge in [0.25, 0.3) is 0 Å². The van der Waals surface area contributed by atoms with Crippen molar-refractivity contribution >= 4 is 16.9 Å². The number of likely N-dealkylation sites (tertiary alicyclic amines) is 1. The zero-order chi connectivity index (χ0) is 18.7. The van der Waals surface area contributed by atoms with Crippen LogP contribution in [0.15, 0.2) is 27.4 Å². The standard InChI is InChI=1S/C20H25NO5/c1-3-13-8-16-15(9-19(23)26-18(16)10-17(13)22)12-21-7-5-6-14(11-21)20(24)25-4-2/h8-10,14,22H,3-7,11-12H2,1-2H3/t14-/m1/s1. The van der Waals surface area contributed by atoms with Crippen LogP contribution in [0.5, 0.6) is 5.75 Å². The number of aryl methyl sites for hydroxylation is 1. The minimum atomic E-state index is -0.435. The van der Waals surface area contributed by atoms with E-state index in [1.54, 1.807) is 0 Å². The number of hydrogen-bond donors (Lipinski definition) is 1. The summed E-state index contributed by atoms with van der Waals surface area (Å²) in [5.74, 6) is -0.126. The number of phenols is 1. The van der Waals surface area contributed by atoms with Crippen LogP contribution in [0, 0.1) is 5.92 Å². The molecule has 0 unspecified atom stereocenters. The van der Waals surface area contributed by atoms with Gasteiger partial charge in [-0.2, -0.15) is 0 Å². The van der Waals surface area contributed by atoms with Gasteiger partial charge in [0, 0.05) is 30.6 Å². The second-order valence-electron chi connectivity index (χ2n) is 6.75. The lowest BCUT2D eigenvalue weighted by Gasteiger charge is -2.31. The maximum Gasteiger partial charge on any atom is 0.336 e. The lowest BCUT2D eigenvalue weighted by molar-refractivity contribution is -0.150. The zero-order valence-corrected chi connectivity index (χ0v) is 15.3. The molecule has 0 saturated carbocycles. The third kappa shape index (κ3) is 3.90. The van der Waals surface area contributed by atoms with E-state index in [0.717, 1.165) is 35.9 Å².